The Morgan fingerprint density at radius 1 is 0.981 bits per heavy atom. The van der Waals surface area contributed by atoms with E-state index in [1.165, 1.54) is 13.2 Å². The molecule has 52 heavy (non-hydrogen) atoms. The Balaban J connectivity index is 1.28. The van der Waals surface area contributed by atoms with Gasteiger partial charge in [0.15, 0.2) is 23.0 Å². The van der Waals surface area contributed by atoms with Gasteiger partial charge in [-0.2, -0.15) is 0 Å². The number of carbonyl (C=O) groups is 1. The molecule has 5 bridgehead atoms. The molecule has 0 radical (unpaired) electrons. The molecule has 6 N–H and O–H groups in total. The number of aliphatic hydroxyl groups excluding tert-OH is 1. The number of nitrogens with one attached hydrogen (secondary N) is 1. The first-order chi connectivity index (χ1) is 25.1. The zero-order valence-corrected chi connectivity index (χ0v) is 29.3. The minimum Gasteiger partial charge on any atom is -0.504 e. The van der Waals surface area contributed by atoms with Crippen molar-refractivity contribution in [2.75, 3.05) is 13.7 Å². The number of aliphatic hydroxyl groups is 2. The number of methoxy groups -OCH3 is 1. The summed E-state index contributed by atoms with van der Waals surface area (Å²) in [5.41, 5.74) is 0.865. The van der Waals surface area contributed by atoms with Crippen LogP contribution in [0.1, 0.15) is 72.3 Å². The summed E-state index contributed by atoms with van der Waals surface area (Å²) in [4.78, 5) is 14.8. The lowest BCUT2D eigenvalue weighted by atomic mass is 9.29. The van der Waals surface area contributed by atoms with E-state index < -0.39 is 33.8 Å². The number of ketones is 1. The Kier molecular flexibility index (Phi) is 7.51. The average Bonchev–Trinajstić information content (AvgIpc) is 3.13. The summed E-state index contributed by atoms with van der Waals surface area (Å²) < 4.78 is 5.51. The predicted octanol–water partition coefficient (Wildman–Crippen LogP) is 5.64. The van der Waals surface area contributed by atoms with Crippen LogP contribution in [0.15, 0.2) is 72.8 Å². The summed E-state index contributed by atoms with van der Waals surface area (Å²) >= 11 is 0. The number of phenols is 3. The van der Waals surface area contributed by atoms with Crippen LogP contribution in [0.3, 0.4) is 0 Å². The van der Waals surface area contributed by atoms with Crippen LogP contribution in [0, 0.1) is 40.9 Å². The maximum Gasteiger partial charge on any atom is 0.160 e. The molecule has 9 rings (SSSR count). The van der Waals surface area contributed by atoms with Crippen LogP contribution in [0.25, 0.3) is 6.08 Å². The monoisotopic (exact) mass is 699 g/mol. The zero-order chi connectivity index (χ0) is 36.0. The van der Waals surface area contributed by atoms with E-state index in [0.717, 1.165) is 36.0 Å². The maximum atomic E-state index is 14.8. The topological polar surface area (TPSA) is 139 Å². The molecule has 0 aromatic heterocycles. The van der Waals surface area contributed by atoms with Gasteiger partial charge in [0.1, 0.15) is 5.78 Å². The molecular weight excluding hydrogens is 654 g/mol. The molecule has 5 aliphatic carbocycles. The van der Waals surface area contributed by atoms with E-state index in [0.29, 0.717) is 30.5 Å². The molecule has 6 aliphatic rings. The van der Waals surface area contributed by atoms with E-state index in [1.807, 2.05) is 24.3 Å². The Morgan fingerprint density at radius 2 is 1.79 bits per heavy atom. The molecule has 0 amide bonds. The number of piperidine rings is 1. The molecule has 2 saturated carbocycles. The van der Waals surface area contributed by atoms with Gasteiger partial charge in [-0.1, -0.05) is 72.9 Å². The third-order valence-electron chi connectivity index (χ3n) is 13.8. The third-order valence-corrected chi connectivity index (χ3v) is 13.8. The van der Waals surface area contributed by atoms with Crippen molar-refractivity contribution in [1.82, 2.24) is 5.32 Å². The summed E-state index contributed by atoms with van der Waals surface area (Å²) in [7, 11) is 1.48. The Hall–Kier alpha value is -4.55. The van der Waals surface area contributed by atoms with Crippen molar-refractivity contribution in [3.05, 3.63) is 101 Å². The Morgan fingerprint density at radius 3 is 2.58 bits per heavy atom. The average molecular weight is 700 g/mol. The van der Waals surface area contributed by atoms with Crippen molar-refractivity contribution in [3.63, 3.8) is 0 Å². The molecule has 0 unspecified atom stereocenters. The van der Waals surface area contributed by atoms with Crippen molar-refractivity contribution in [1.29, 1.82) is 0 Å². The van der Waals surface area contributed by atoms with Gasteiger partial charge in [0, 0.05) is 59.4 Å². The second-order valence-corrected chi connectivity index (χ2v) is 16.2. The standard InChI is InChI=1S/C44H45NO7/c1-52-39-20-34(30(25-46)18-38(39)50)33-19-32(47)23-42(51)22-31-11-15-41-12-5-13-43(31)44(41,35-21-37(49)36(48)17-28(35)10-14-41)40(42)29(24-45-43)9-8-27(33)16-26-6-3-2-4-7-26/h2-4,6-7,10-11,14-15,17-18,20-21,27,29,31,33,40,45-46,48-51H,5,12-13,16,19,22-25H2,1H3/t27-,29+,31+,33+,40-,41-,42+,43-,44-/m0/s1. The molecule has 8 nitrogen and oxygen atoms in total. The summed E-state index contributed by atoms with van der Waals surface area (Å²) in [5.74, 6) is 5.45. The van der Waals surface area contributed by atoms with Crippen LogP contribution >= 0.6 is 0 Å². The zero-order valence-electron chi connectivity index (χ0n) is 29.3. The van der Waals surface area contributed by atoms with Gasteiger partial charge in [0.25, 0.3) is 0 Å². The number of phenolic OH excluding ortho intramolecular Hbond substituents is 3. The number of ether oxygens (including phenoxy) is 1. The second kappa shape index (κ2) is 11.7. The van der Waals surface area contributed by atoms with E-state index in [4.69, 9.17) is 4.74 Å². The van der Waals surface area contributed by atoms with E-state index in [-0.39, 0.29) is 66.0 Å². The Bertz CT molecular complexity index is 2100. The van der Waals surface area contributed by atoms with Crippen LogP contribution in [-0.2, 0) is 23.2 Å². The first kappa shape index (κ1) is 33.3. The highest BCUT2D eigenvalue weighted by Gasteiger charge is 2.79. The number of allylic oxidation sites excluding steroid dienone is 2. The van der Waals surface area contributed by atoms with Crippen LogP contribution in [0.5, 0.6) is 23.0 Å². The highest BCUT2D eigenvalue weighted by Crippen LogP contribution is 2.76. The maximum absolute atomic E-state index is 14.8. The highest BCUT2D eigenvalue weighted by molar-refractivity contribution is 5.81. The molecule has 1 spiro atoms. The number of benzene rings is 3. The first-order valence-corrected chi connectivity index (χ1v) is 18.6. The van der Waals surface area contributed by atoms with Gasteiger partial charge in [-0.25, -0.2) is 0 Å². The minimum atomic E-state index is -1.42. The molecule has 1 saturated heterocycles. The summed E-state index contributed by atoms with van der Waals surface area (Å²) in [6.07, 6.45) is 12.6. The summed E-state index contributed by atoms with van der Waals surface area (Å²) in [6, 6.07) is 16.6. The normalized spacial score (nSPS) is 36.5. The molecular formula is C44H45NO7. The van der Waals surface area contributed by atoms with Gasteiger partial charge in [0.05, 0.1) is 19.3 Å². The lowest BCUT2D eigenvalue weighted by molar-refractivity contribution is -0.218. The second-order valence-electron chi connectivity index (χ2n) is 16.2. The third kappa shape index (κ3) is 4.43. The molecule has 3 fully saturated rings. The van der Waals surface area contributed by atoms with Crippen molar-refractivity contribution in [2.45, 2.75) is 74.0 Å². The number of fused-ring (bicyclic) bond motifs is 1. The quantitative estimate of drug-likeness (QED) is 0.114. The lowest BCUT2D eigenvalue weighted by Gasteiger charge is -2.78. The minimum absolute atomic E-state index is 0.0601. The van der Waals surface area contributed by atoms with Gasteiger partial charge < -0.3 is 35.6 Å². The van der Waals surface area contributed by atoms with Gasteiger partial charge in [0.2, 0.25) is 0 Å². The van der Waals surface area contributed by atoms with Crippen molar-refractivity contribution in [3.8, 4) is 34.8 Å². The van der Waals surface area contributed by atoms with Gasteiger partial charge in [-0.3, -0.25) is 4.79 Å². The van der Waals surface area contributed by atoms with Gasteiger partial charge in [-0.15, -0.1) is 0 Å². The van der Waals surface area contributed by atoms with Crippen LogP contribution in [-0.4, -0.2) is 56.1 Å². The summed E-state index contributed by atoms with van der Waals surface area (Å²) in [5, 5.41) is 60.3. The van der Waals surface area contributed by atoms with E-state index >= 15 is 0 Å². The van der Waals surface area contributed by atoms with Crippen molar-refractivity contribution >= 4 is 11.9 Å². The number of Topliss-reactive ketones (excluding diaryl/α,β-unsaturated/α-hetero) is 1. The summed E-state index contributed by atoms with van der Waals surface area (Å²) in [6.45, 7) is 0.203. The first-order valence-electron chi connectivity index (χ1n) is 18.6. The van der Waals surface area contributed by atoms with Gasteiger partial charge >= 0.3 is 0 Å². The molecule has 268 valence electrons. The highest BCUT2D eigenvalue weighted by atomic mass is 16.5. The number of rotatable bonds is 5. The number of hydrogen-bond acceptors (Lipinski definition) is 8. The molecule has 1 aliphatic heterocycles. The van der Waals surface area contributed by atoms with Crippen LogP contribution in [0.2, 0.25) is 0 Å². The van der Waals surface area contributed by atoms with E-state index in [9.17, 15) is 30.3 Å². The van der Waals surface area contributed by atoms with E-state index in [2.05, 4.69) is 47.5 Å². The van der Waals surface area contributed by atoms with Gasteiger partial charge in [-0.05, 0) is 83.7 Å². The SMILES string of the molecule is COc1cc([C@@H]2CC(=O)C[C@]3(O)C[C@H]4C=C[C@]56C=Cc7cc(O)c(O)cc7[C@]57[C@H]3[C@H](C#C[C@H]2Cc2ccccc2)CN[C@@]47CCC6)c(CO)cc1O. The molecule has 9 atom stereocenters. The largest absolute Gasteiger partial charge is 0.504 e. The predicted molar refractivity (Wildman–Crippen MR) is 196 cm³/mol. The fourth-order valence-electron chi connectivity index (χ4n) is 12.1. The number of carbonyl (C=O) groups excluding carboxylic acids is 1. The molecule has 3 aromatic rings. The van der Waals surface area contributed by atoms with Crippen LogP contribution in [0.4, 0.5) is 0 Å². The smallest absolute Gasteiger partial charge is 0.160 e. The Labute approximate surface area is 303 Å². The van der Waals surface area contributed by atoms with Crippen LogP contribution < -0.4 is 10.1 Å². The molecule has 1 heterocycles. The number of hydrogen-bond donors (Lipinski definition) is 6. The fourth-order valence-corrected chi connectivity index (χ4v) is 12.1. The lowest BCUT2D eigenvalue weighted by Crippen LogP contribution is -2.85. The van der Waals surface area contributed by atoms with Crippen molar-refractivity contribution in [2.24, 2.45) is 29.1 Å². The van der Waals surface area contributed by atoms with E-state index in [1.54, 1.807) is 18.2 Å². The van der Waals surface area contributed by atoms with Crippen molar-refractivity contribution < 1.29 is 35.1 Å². The molecule has 8 heteroatoms. The molecule has 3 aromatic carbocycles. The fraction of sp³-hybridized carbons (Fsp3) is 0.432. The number of aromatic hydroxyl groups is 3.